The third kappa shape index (κ3) is 4.93. The van der Waals surface area contributed by atoms with E-state index in [1.807, 2.05) is 18.2 Å². The molecule has 0 aromatic heterocycles. The Morgan fingerprint density at radius 3 is 2.42 bits per heavy atom. The van der Waals surface area contributed by atoms with Crippen LogP contribution < -0.4 is 5.73 Å². The Hall–Kier alpha value is -2.17. The molecule has 0 radical (unpaired) electrons. The van der Waals surface area contributed by atoms with Gasteiger partial charge in [-0.25, -0.2) is 0 Å². The average Bonchev–Trinajstić information content (AvgIpc) is 2.70. The van der Waals surface area contributed by atoms with E-state index in [0.29, 0.717) is 24.8 Å². The van der Waals surface area contributed by atoms with Crippen molar-refractivity contribution in [3.05, 3.63) is 65.7 Å². The van der Waals surface area contributed by atoms with Gasteiger partial charge in [-0.05, 0) is 49.5 Å². The number of aromatic hydroxyl groups is 1. The number of piperidine rings is 1. The summed E-state index contributed by atoms with van der Waals surface area (Å²) in [5.41, 5.74) is 8.88. The lowest BCUT2D eigenvalue weighted by molar-refractivity contribution is 0.217. The van der Waals surface area contributed by atoms with Gasteiger partial charge in [0.25, 0.3) is 0 Å². The fraction of sp³-hybridized carbons (Fsp3) is 0.409. The molecule has 0 aliphatic carbocycles. The maximum Gasteiger partial charge on any atom is 0.124 e. The van der Waals surface area contributed by atoms with Gasteiger partial charge < -0.3 is 15.7 Å². The normalized spacial score (nSPS) is 16.7. The van der Waals surface area contributed by atoms with Gasteiger partial charge in [0, 0.05) is 30.8 Å². The van der Waals surface area contributed by atoms with Gasteiger partial charge in [-0.1, -0.05) is 42.5 Å². The Morgan fingerprint density at radius 1 is 1.04 bits per heavy atom. The molecule has 3 N–H and O–H groups in total. The Labute approximate surface area is 156 Å². The van der Waals surface area contributed by atoms with Crippen LogP contribution in [0.5, 0.6) is 5.75 Å². The van der Waals surface area contributed by atoms with Crippen molar-refractivity contribution in [2.24, 2.45) is 10.7 Å². The molecule has 4 nitrogen and oxygen atoms in total. The Balaban J connectivity index is 1.56. The molecule has 2 aromatic carbocycles. The Morgan fingerprint density at radius 2 is 1.73 bits per heavy atom. The van der Waals surface area contributed by atoms with Crippen molar-refractivity contribution >= 4 is 5.71 Å². The molecule has 1 heterocycles. The summed E-state index contributed by atoms with van der Waals surface area (Å²) in [6.45, 7) is 4.33. The molecule has 1 fully saturated rings. The molecule has 1 aliphatic rings. The molecular weight excluding hydrogens is 322 g/mol. The minimum absolute atomic E-state index is 0.297. The lowest BCUT2D eigenvalue weighted by atomic mass is 9.89. The predicted molar refractivity (Wildman–Crippen MR) is 108 cm³/mol. The molecule has 0 saturated carbocycles. The molecule has 0 atom stereocenters. The highest BCUT2D eigenvalue weighted by molar-refractivity contribution is 6.02. The molecule has 0 spiro atoms. The standard InChI is InChI=1S/C22H29N3O/c23-13-14-24-21(20-8-4-5-9-22(20)26)12-17-25-15-10-19(11-16-25)18-6-2-1-3-7-18/h1-9,19,26H,10-17,23H2. The number of rotatable bonds is 7. The number of likely N-dealkylation sites (tertiary alicyclic amines) is 1. The first-order valence-electron chi connectivity index (χ1n) is 9.57. The van der Waals surface area contributed by atoms with Gasteiger partial charge in [0.15, 0.2) is 0 Å². The second-order valence-corrected chi connectivity index (χ2v) is 6.91. The zero-order valence-corrected chi connectivity index (χ0v) is 15.3. The zero-order valence-electron chi connectivity index (χ0n) is 15.3. The maximum atomic E-state index is 10.2. The van der Waals surface area contributed by atoms with E-state index in [1.165, 1.54) is 18.4 Å². The summed E-state index contributed by atoms with van der Waals surface area (Å²) < 4.78 is 0. The first-order chi connectivity index (χ1) is 12.8. The van der Waals surface area contributed by atoms with Crippen molar-refractivity contribution in [3.63, 3.8) is 0 Å². The molecule has 0 bridgehead atoms. The Bertz CT molecular complexity index is 706. The van der Waals surface area contributed by atoms with Crippen molar-refractivity contribution in [1.82, 2.24) is 4.90 Å². The second-order valence-electron chi connectivity index (χ2n) is 6.91. The van der Waals surface area contributed by atoms with Gasteiger partial charge in [0.2, 0.25) is 0 Å². The number of phenolic OH excluding ortho intramolecular Hbond substituents is 1. The van der Waals surface area contributed by atoms with Crippen molar-refractivity contribution in [3.8, 4) is 5.75 Å². The van der Waals surface area contributed by atoms with E-state index in [2.05, 4.69) is 40.2 Å². The molecule has 1 saturated heterocycles. The number of hydrogen-bond acceptors (Lipinski definition) is 4. The van der Waals surface area contributed by atoms with E-state index < -0.39 is 0 Å². The molecule has 0 amide bonds. The van der Waals surface area contributed by atoms with Gasteiger partial charge in [0.05, 0.1) is 6.54 Å². The van der Waals surface area contributed by atoms with E-state index in [-0.39, 0.29) is 0 Å². The topological polar surface area (TPSA) is 61.8 Å². The first kappa shape index (κ1) is 18.6. The van der Waals surface area contributed by atoms with Crippen LogP contribution in [0.1, 0.15) is 36.3 Å². The fourth-order valence-corrected chi connectivity index (χ4v) is 3.70. The number of benzene rings is 2. The molecule has 4 heteroatoms. The SMILES string of the molecule is NCCN=C(CCN1CCC(c2ccccc2)CC1)c1ccccc1O. The van der Waals surface area contributed by atoms with E-state index >= 15 is 0 Å². The van der Waals surface area contributed by atoms with Crippen LogP contribution in [0.2, 0.25) is 0 Å². The molecule has 26 heavy (non-hydrogen) atoms. The van der Waals surface area contributed by atoms with Crippen LogP contribution in [-0.4, -0.2) is 48.4 Å². The molecule has 3 rings (SSSR count). The highest BCUT2D eigenvalue weighted by atomic mass is 16.3. The first-order valence-corrected chi connectivity index (χ1v) is 9.57. The number of nitrogens with two attached hydrogens (primary N) is 1. The third-order valence-electron chi connectivity index (χ3n) is 5.17. The summed E-state index contributed by atoms with van der Waals surface area (Å²) >= 11 is 0. The summed E-state index contributed by atoms with van der Waals surface area (Å²) in [7, 11) is 0. The summed E-state index contributed by atoms with van der Waals surface area (Å²) in [6, 6.07) is 18.3. The van der Waals surface area contributed by atoms with Crippen LogP contribution in [-0.2, 0) is 0 Å². The number of nitrogens with zero attached hydrogens (tertiary/aromatic N) is 2. The highest BCUT2D eigenvalue weighted by Crippen LogP contribution is 2.28. The van der Waals surface area contributed by atoms with Crippen molar-refractivity contribution in [2.75, 3.05) is 32.7 Å². The van der Waals surface area contributed by atoms with Gasteiger partial charge in [-0.15, -0.1) is 0 Å². The summed E-state index contributed by atoms with van der Waals surface area (Å²) in [6.07, 6.45) is 3.25. The van der Waals surface area contributed by atoms with Gasteiger partial charge in [0.1, 0.15) is 5.75 Å². The molecule has 2 aromatic rings. The molecule has 1 aliphatic heterocycles. The summed E-state index contributed by atoms with van der Waals surface area (Å²) in [4.78, 5) is 7.14. The summed E-state index contributed by atoms with van der Waals surface area (Å²) in [5, 5.41) is 10.2. The van der Waals surface area contributed by atoms with Crippen LogP contribution in [0, 0.1) is 0 Å². The van der Waals surface area contributed by atoms with Crippen LogP contribution in [0.4, 0.5) is 0 Å². The van der Waals surface area contributed by atoms with Crippen molar-refractivity contribution in [1.29, 1.82) is 0 Å². The minimum Gasteiger partial charge on any atom is -0.507 e. The fourth-order valence-electron chi connectivity index (χ4n) is 3.70. The predicted octanol–water partition coefficient (Wildman–Crippen LogP) is 3.41. The van der Waals surface area contributed by atoms with E-state index in [9.17, 15) is 5.11 Å². The van der Waals surface area contributed by atoms with Gasteiger partial charge in [-0.2, -0.15) is 0 Å². The second kappa shape index (κ2) is 9.51. The molecular formula is C22H29N3O. The average molecular weight is 351 g/mol. The van der Waals surface area contributed by atoms with Crippen LogP contribution >= 0.6 is 0 Å². The van der Waals surface area contributed by atoms with Crippen LogP contribution in [0.25, 0.3) is 0 Å². The maximum absolute atomic E-state index is 10.2. The zero-order chi connectivity index (χ0) is 18.2. The highest BCUT2D eigenvalue weighted by Gasteiger charge is 2.21. The largest absolute Gasteiger partial charge is 0.507 e. The van der Waals surface area contributed by atoms with Gasteiger partial charge >= 0.3 is 0 Å². The monoisotopic (exact) mass is 351 g/mol. The van der Waals surface area contributed by atoms with E-state index in [1.54, 1.807) is 6.07 Å². The number of hydrogen-bond donors (Lipinski definition) is 2. The van der Waals surface area contributed by atoms with Crippen LogP contribution in [0.15, 0.2) is 59.6 Å². The smallest absolute Gasteiger partial charge is 0.124 e. The minimum atomic E-state index is 0.297. The quantitative estimate of drug-likeness (QED) is 0.752. The molecule has 0 unspecified atom stereocenters. The van der Waals surface area contributed by atoms with Crippen molar-refractivity contribution in [2.45, 2.75) is 25.2 Å². The lowest BCUT2D eigenvalue weighted by Crippen LogP contribution is -2.34. The Kier molecular flexibility index (Phi) is 6.81. The lowest BCUT2D eigenvalue weighted by Gasteiger charge is -2.32. The van der Waals surface area contributed by atoms with E-state index in [4.69, 9.17) is 5.73 Å². The number of phenols is 1. The van der Waals surface area contributed by atoms with Crippen LogP contribution in [0.3, 0.4) is 0 Å². The number of para-hydroxylation sites is 1. The van der Waals surface area contributed by atoms with Gasteiger partial charge in [-0.3, -0.25) is 4.99 Å². The van der Waals surface area contributed by atoms with Crippen molar-refractivity contribution < 1.29 is 5.11 Å². The summed E-state index contributed by atoms with van der Waals surface area (Å²) in [5.74, 6) is 0.974. The number of aliphatic imine (C=N–C) groups is 1. The van der Waals surface area contributed by atoms with E-state index in [0.717, 1.165) is 37.3 Å². The third-order valence-corrected chi connectivity index (χ3v) is 5.17. The molecule has 138 valence electrons.